The van der Waals surface area contributed by atoms with Crippen LogP contribution in [0.2, 0.25) is 0 Å². The molecular formula is C37H24O2. The molecule has 0 bridgehead atoms. The molecule has 6 aromatic rings. The second kappa shape index (κ2) is 8.47. The molecule has 184 valence electrons. The van der Waals surface area contributed by atoms with Gasteiger partial charge in [-0.3, -0.25) is 0 Å². The van der Waals surface area contributed by atoms with Gasteiger partial charge in [-0.15, -0.1) is 0 Å². The third kappa shape index (κ3) is 3.15. The minimum atomic E-state index is -0.629. The van der Waals surface area contributed by atoms with E-state index in [0.717, 1.165) is 67.5 Å². The molecule has 2 heteroatoms. The van der Waals surface area contributed by atoms with E-state index in [2.05, 4.69) is 127 Å². The first kappa shape index (κ1) is 22.0. The largest absolute Gasteiger partial charge is 0.457 e. The molecule has 0 saturated heterocycles. The molecule has 0 fully saturated rings. The quantitative estimate of drug-likeness (QED) is 0.235. The molecule has 2 heterocycles. The Morgan fingerprint density at radius 2 is 0.897 bits per heavy atom. The second-order valence-corrected chi connectivity index (χ2v) is 10.1. The number of rotatable bonds is 2. The summed E-state index contributed by atoms with van der Waals surface area (Å²) in [5, 5.41) is 0. The molecule has 0 unspecified atom stereocenters. The number of hydrogen-bond donors (Lipinski definition) is 0. The van der Waals surface area contributed by atoms with Gasteiger partial charge >= 0.3 is 0 Å². The molecule has 0 atom stereocenters. The Morgan fingerprint density at radius 3 is 1.59 bits per heavy atom. The number of ether oxygens (including phenoxy) is 2. The molecular weight excluding hydrogens is 476 g/mol. The van der Waals surface area contributed by atoms with Gasteiger partial charge in [0.25, 0.3) is 0 Å². The van der Waals surface area contributed by atoms with E-state index in [4.69, 9.17) is 9.47 Å². The Kier molecular flexibility index (Phi) is 4.77. The summed E-state index contributed by atoms with van der Waals surface area (Å²) < 4.78 is 13.4. The fourth-order valence-corrected chi connectivity index (χ4v) is 6.40. The highest BCUT2D eigenvalue weighted by atomic mass is 16.5. The van der Waals surface area contributed by atoms with Gasteiger partial charge in [-0.05, 0) is 46.5 Å². The topological polar surface area (TPSA) is 18.5 Å². The van der Waals surface area contributed by atoms with Crippen molar-refractivity contribution < 1.29 is 9.47 Å². The van der Waals surface area contributed by atoms with Gasteiger partial charge in [0.05, 0.1) is 5.41 Å². The highest BCUT2D eigenvalue weighted by molar-refractivity contribution is 5.84. The minimum absolute atomic E-state index is 0.629. The van der Waals surface area contributed by atoms with E-state index in [0.29, 0.717) is 0 Å². The van der Waals surface area contributed by atoms with Crippen LogP contribution in [0.5, 0.6) is 23.0 Å². The fraction of sp³-hybridized carbons (Fsp3) is 0.0270. The average molecular weight is 501 g/mol. The molecule has 2 aliphatic rings. The van der Waals surface area contributed by atoms with Crippen LogP contribution in [0.25, 0.3) is 22.3 Å². The molecule has 0 radical (unpaired) electrons. The summed E-state index contributed by atoms with van der Waals surface area (Å²) in [7, 11) is 0. The lowest BCUT2D eigenvalue weighted by Gasteiger charge is -2.45. The van der Waals surface area contributed by atoms with E-state index < -0.39 is 5.41 Å². The maximum Gasteiger partial charge on any atom is 0.132 e. The van der Waals surface area contributed by atoms with Crippen molar-refractivity contribution >= 4 is 0 Å². The molecule has 0 aromatic heterocycles. The summed E-state index contributed by atoms with van der Waals surface area (Å²) in [6.45, 7) is 0. The number of fused-ring (bicyclic) bond motifs is 8. The Bertz CT molecular complexity index is 1810. The van der Waals surface area contributed by atoms with Crippen LogP contribution in [0.1, 0.15) is 22.3 Å². The molecule has 6 aromatic carbocycles. The van der Waals surface area contributed by atoms with E-state index in [9.17, 15) is 0 Å². The van der Waals surface area contributed by atoms with Gasteiger partial charge in [0.2, 0.25) is 0 Å². The second-order valence-electron chi connectivity index (χ2n) is 10.1. The first-order chi connectivity index (χ1) is 19.3. The van der Waals surface area contributed by atoms with Crippen LogP contribution in [0.15, 0.2) is 146 Å². The maximum atomic E-state index is 6.82. The number of para-hydroxylation sites is 2. The zero-order valence-electron chi connectivity index (χ0n) is 21.2. The summed E-state index contributed by atoms with van der Waals surface area (Å²) in [6, 6.07) is 51.0. The van der Waals surface area contributed by atoms with Crippen molar-refractivity contribution in [3.05, 3.63) is 168 Å². The third-order valence-electron chi connectivity index (χ3n) is 8.00. The van der Waals surface area contributed by atoms with Crippen molar-refractivity contribution in [3.8, 4) is 45.3 Å². The Hall–Kier alpha value is -5.08. The van der Waals surface area contributed by atoms with Gasteiger partial charge in [0.15, 0.2) is 0 Å². The van der Waals surface area contributed by atoms with Gasteiger partial charge in [0.1, 0.15) is 23.0 Å². The van der Waals surface area contributed by atoms with Crippen LogP contribution in [-0.4, -0.2) is 0 Å². The summed E-state index contributed by atoms with van der Waals surface area (Å²) in [5.74, 6) is 3.45. The summed E-state index contributed by atoms with van der Waals surface area (Å²) in [5.41, 5.74) is 8.45. The molecule has 1 spiro atoms. The molecule has 0 amide bonds. The van der Waals surface area contributed by atoms with Crippen LogP contribution in [0, 0.1) is 0 Å². The van der Waals surface area contributed by atoms with Crippen LogP contribution >= 0.6 is 0 Å². The normalized spacial score (nSPS) is 13.7. The molecule has 39 heavy (non-hydrogen) atoms. The van der Waals surface area contributed by atoms with E-state index >= 15 is 0 Å². The summed E-state index contributed by atoms with van der Waals surface area (Å²) in [4.78, 5) is 0. The number of hydrogen-bond acceptors (Lipinski definition) is 2. The van der Waals surface area contributed by atoms with Gasteiger partial charge in [-0.1, -0.05) is 121 Å². The maximum absolute atomic E-state index is 6.82. The Balaban J connectivity index is 1.52. The van der Waals surface area contributed by atoms with Crippen molar-refractivity contribution in [2.45, 2.75) is 5.41 Å². The molecule has 8 rings (SSSR count). The molecule has 0 aliphatic carbocycles. The van der Waals surface area contributed by atoms with Crippen molar-refractivity contribution in [2.75, 3.05) is 0 Å². The van der Waals surface area contributed by atoms with Crippen LogP contribution in [0.3, 0.4) is 0 Å². The average Bonchev–Trinajstić information content (AvgIpc) is 3.01. The van der Waals surface area contributed by atoms with E-state index in [1.807, 2.05) is 18.2 Å². The highest BCUT2D eigenvalue weighted by Crippen LogP contribution is 2.63. The van der Waals surface area contributed by atoms with Crippen LogP contribution < -0.4 is 9.47 Å². The lowest BCUT2D eigenvalue weighted by atomic mass is 9.61. The molecule has 0 N–H and O–H groups in total. The van der Waals surface area contributed by atoms with E-state index in [1.54, 1.807) is 0 Å². The third-order valence-corrected chi connectivity index (χ3v) is 8.00. The first-order valence-electron chi connectivity index (χ1n) is 13.3. The smallest absolute Gasteiger partial charge is 0.132 e. The van der Waals surface area contributed by atoms with Gasteiger partial charge < -0.3 is 9.47 Å². The van der Waals surface area contributed by atoms with Gasteiger partial charge in [-0.2, -0.15) is 0 Å². The lowest BCUT2D eigenvalue weighted by molar-refractivity contribution is 0.400. The van der Waals surface area contributed by atoms with Gasteiger partial charge in [0, 0.05) is 22.3 Å². The molecule has 2 aliphatic heterocycles. The number of benzene rings is 6. The van der Waals surface area contributed by atoms with Crippen molar-refractivity contribution in [2.24, 2.45) is 0 Å². The standard InChI is InChI=1S/C37H24O2/c1-3-12-25(13-4-1)27-22-23-31-35(24-27)39-34-21-11-16-28(26-14-5-2-6-15-26)36(34)37(31)29-17-7-9-19-32(29)38-33-20-10-8-18-30(33)37/h1-24H. The summed E-state index contributed by atoms with van der Waals surface area (Å²) >= 11 is 0. The van der Waals surface area contributed by atoms with Crippen LogP contribution in [-0.2, 0) is 5.41 Å². The van der Waals surface area contributed by atoms with Crippen LogP contribution in [0.4, 0.5) is 0 Å². The summed E-state index contributed by atoms with van der Waals surface area (Å²) in [6.07, 6.45) is 0. The van der Waals surface area contributed by atoms with E-state index in [1.165, 1.54) is 0 Å². The van der Waals surface area contributed by atoms with Crippen molar-refractivity contribution in [1.29, 1.82) is 0 Å². The predicted octanol–water partition coefficient (Wildman–Crippen LogP) is 9.61. The first-order valence-corrected chi connectivity index (χ1v) is 13.3. The Morgan fingerprint density at radius 1 is 0.359 bits per heavy atom. The molecule has 2 nitrogen and oxygen atoms in total. The monoisotopic (exact) mass is 500 g/mol. The predicted molar refractivity (Wildman–Crippen MR) is 156 cm³/mol. The van der Waals surface area contributed by atoms with E-state index in [-0.39, 0.29) is 0 Å². The Labute approximate surface area is 227 Å². The van der Waals surface area contributed by atoms with Crippen molar-refractivity contribution in [1.82, 2.24) is 0 Å². The zero-order chi connectivity index (χ0) is 25.8. The highest BCUT2D eigenvalue weighted by Gasteiger charge is 2.51. The van der Waals surface area contributed by atoms with Crippen molar-refractivity contribution in [3.63, 3.8) is 0 Å². The fourth-order valence-electron chi connectivity index (χ4n) is 6.40. The zero-order valence-corrected chi connectivity index (χ0v) is 21.2. The lowest BCUT2D eigenvalue weighted by Crippen LogP contribution is -2.37. The minimum Gasteiger partial charge on any atom is -0.457 e. The van der Waals surface area contributed by atoms with Gasteiger partial charge in [-0.25, -0.2) is 0 Å². The molecule has 0 saturated carbocycles. The SMILES string of the molecule is c1ccc(-c2ccc3c(c2)Oc2cccc(-c4ccccc4)c2C32c3ccccc3Oc3ccccc32)cc1.